The van der Waals surface area contributed by atoms with Crippen molar-refractivity contribution in [2.24, 2.45) is 5.73 Å². The Balaban J connectivity index is 2.25. The van der Waals surface area contributed by atoms with Crippen molar-refractivity contribution in [3.8, 4) is 6.07 Å². The number of aryl methyl sites for hydroxylation is 1. The predicted molar refractivity (Wildman–Crippen MR) is 78.8 cm³/mol. The molecule has 0 aliphatic heterocycles. The Labute approximate surface area is 117 Å². The molecule has 0 unspecified atom stereocenters. The van der Waals surface area contributed by atoms with Crippen LogP contribution < -0.4 is 16.4 Å². The maximum atomic E-state index is 9.07. The number of para-hydroxylation sites is 1. The molecule has 0 spiro atoms. The highest BCUT2D eigenvalue weighted by Crippen LogP contribution is 2.20. The van der Waals surface area contributed by atoms with E-state index in [0.29, 0.717) is 36.1 Å². The van der Waals surface area contributed by atoms with Gasteiger partial charge < -0.3 is 16.4 Å². The second-order valence-electron chi connectivity index (χ2n) is 4.18. The lowest BCUT2D eigenvalue weighted by molar-refractivity contribution is 0.987. The standard InChI is InChI=1S/C14H16N6/c1-10-18-13(17-7-6-15)8-14(19-10)20-12-5-3-2-4-11(12)9-16/h2-5,8H,6-7,15H2,1H3,(H2,17,18,19,20). The molecule has 1 aromatic heterocycles. The van der Waals surface area contributed by atoms with Crippen LogP contribution in [0.1, 0.15) is 11.4 Å². The van der Waals surface area contributed by atoms with E-state index in [1.54, 1.807) is 12.1 Å². The van der Waals surface area contributed by atoms with E-state index in [1.165, 1.54) is 0 Å². The highest BCUT2D eigenvalue weighted by atomic mass is 15.1. The number of hydrogen-bond acceptors (Lipinski definition) is 6. The summed E-state index contributed by atoms with van der Waals surface area (Å²) in [5, 5.41) is 15.3. The van der Waals surface area contributed by atoms with Gasteiger partial charge in [-0.05, 0) is 19.1 Å². The number of hydrogen-bond donors (Lipinski definition) is 3. The first-order valence-electron chi connectivity index (χ1n) is 6.28. The van der Waals surface area contributed by atoms with E-state index < -0.39 is 0 Å². The minimum atomic E-state index is 0.531. The third kappa shape index (κ3) is 3.43. The molecule has 0 amide bonds. The molecule has 1 aromatic carbocycles. The number of nitrogens with two attached hydrogens (primary N) is 1. The average molecular weight is 268 g/mol. The van der Waals surface area contributed by atoms with Crippen LogP contribution in [0.2, 0.25) is 0 Å². The van der Waals surface area contributed by atoms with Gasteiger partial charge in [-0.25, -0.2) is 9.97 Å². The summed E-state index contributed by atoms with van der Waals surface area (Å²) in [5.74, 6) is 1.99. The monoisotopic (exact) mass is 268 g/mol. The number of nitrogens with zero attached hydrogens (tertiary/aromatic N) is 3. The van der Waals surface area contributed by atoms with Crippen LogP contribution >= 0.6 is 0 Å². The van der Waals surface area contributed by atoms with E-state index in [0.717, 1.165) is 5.69 Å². The van der Waals surface area contributed by atoms with E-state index in [9.17, 15) is 0 Å². The Kier molecular flexibility index (Phi) is 4.47. The van der Waals surface area contributed by atoms with Crippen LogP contribution in [0.3, 0.4) is 0 Å². The zero-order valence-electron chi connectivity index (χ0n) is 11.2. The molecule has 102 valence electrons. The van der Waals surface area contributed by atoms with Crippen LogP contribution in [-0.4, -0.2) is 23.1 Å². The van der Waals surface area contributed by atoms with Crippen molar-refractivity contribution in [1.29, 1.82) is 5.26 Å². The fraction of sp³-hybridized carbons (Fsp3) is 0.214. The van der Waals surface area contributed by atoms with Crippen LogP contribution in [0, 0.1) is 18.3 Å². The second-order valence-corrected chi connectivity index (χ2v) is 4.18. The summed E-state index contributed by atoms with van der Waals surface area (Å²) in [6.45, 7) is 2.99. The molecule has 2 rings (SSSR count). The van der Waals surface area contributed by atoms with Crippen molar-refractivity contribution in [3.05, 3.63) is 41.7 Å². The maximum absolute atomic E-state index is 9.07. The highest BCUT2D eigenvalue weighted by Gasteiger charge is 2.05. The minimum Gasteiger partial charge on any atom is -0.369 e. The van der Waals surface area contributed by atoms with E-state index in [2.05, 4.69) is 26.7 Å². The number of rotatable bonds is 5. The average Bonchev–Trinajstić information content (AvgIpc) is 2.45. The molecule has 6 heteroatoms. The summed E-state index contributed by atoms with van der Waals surface area (Å²) < 4.78 is 0. The van der Waals surface area contributed by atoms with Crippen molar-refractivity contribution in [2.45, 2.75) is 6.92 Å². The Hall–Kier alpha value is -2.65. The van der Waals surface area contributed by atoms with Gasteiger partial charge in [-0.15, -0.1) is 0 Å². The zero-order chi connectivity index (χ0) is 14.4. The molecule has 0 aliphatic carbocycles. The second kappa shape index (κ2) is 6.50. The summed E-state index contributed by atoms with van der Waals surface area (Å²) in [7, 11) is 0. The molecule has 1 heterocycles. The number of anilines is 3. The minimum absolute atomic E-state index is 0.531. The number of nitrogens with one attached hydrogen (secondary N) is 2. The van der Waals surface area contributed by atoms with Gasteiger partial charge in [0.1, 0.15) is 23.5 Å². The van der Waals surface area contributed by atoms with Gasteiger partial charge >= 0.3 is 0 Å². The van der Waals surface area contributed by atoms with Crippen LogP contribution in [0.4, 0.5) is 17.3 Å². The molecule has 0 atom stereocenters. The third-order valence-electron chi connectivity index (χ3n) is 2.60. The molecular weight excluding hydrogens is 252 g/mol. The lowest BCUT2D eigenvalue weighted by atomic mass is 10.2. The fourth-order valence-electron chi connectivity index (χ4n) is 1.75. The van der Waals surface area contributed by atoms with Crippen LogP contribution in [0.5, 0.6) is 0 Å². The zero-order valence-corrected chi connectivity index (χ0v) is 11.2. The summed E-state index contributed by atoms with van der Waals surface area (Å²) in [4.78, 5) is 8.58. The number of aromatic nitrogens is 2. The molecular formula is C14H16N6. The van der Waals surface area contributed by atoms with E-state index >= 15 is 0 Å². The maximum Gasteiger partial charge on any atom is 0.136 e. The molecule has 0 saturated carbocycles. The Morgan fingerprint density at radius 2 is 2.00 bits per heavy atom. The lowest BCUT2D eigenvalue weighted by Gasteiger charge is -2.10. The van der Waals surface area contributed by atoms with Crippen LogP contribution in [0.25, 0.3) is 0 Å². The van der Waals surface area contributed by atoms with Gasteiger partial charge in [0, 0.05) is 19.2 Å². The molecule has 0 fully saturated rings. The van der Waals surface area contributed by atoms with Gasteiger partial charge in [0.15, 0.2) is 0 Å². The first-order valence-corrected chi connectivity index (χ1v) is 6.28. The van der Waals surface area contributed by atoms with Gasteiger partial charge in [0.2, 0.25) is 0 Å². The topological polar surface area (TPSA) is 99.6 Å². The van der Waals surface area contributed by atoms with Gasteiger partial charge in [0.25, 0.3) is 0 Å². The van der Waals surface area contributed by atoms with E-state index in [4.69, 9.17) is 11.0 Å². The van der Waals surface area contributed by atoms with Gasteiger partial charge in [-0.1, -0.05) is 12.1 Å². The third-order valence-corrected chi connectivity index (χ3v) is 2.60. The fourth-order valence-corrected chi connectivity index (χ4v) is 1.75. The van der Waals surface area contributed by atoms with Gasteiger partial charge in [0.05, 0.1) is 11.3 Å². The summed E-state index contributed by atoms with van der Waals surface area (Å²) in [5.41, 5.74) is 6.75. The number of benzene rings is 1. The van der Waals surface area contributed by atoms with E-state index in [1.807, 2.05) is 25.1 Å². The van der Waals surface area contributed by atoms with Crippen molar-refractivity contribution < 1.29 is 0 Å². The Bertz CT molecular complexity index is 632. The first kappa shape index (κ1) is 13.8. The summed E-state index contributed by atoms with van der Waals surface area (Å²) >= 11 is 0. The summed E-state index contributed by atoms with van der Waals surface area (Å²) in [6.07, 6.45) is 0. The Morgan fingerprint density at radius 1 is 1.25 bits per heavy atom. The highest BCUT2D eigenvalue weighted by molar-refractivity contribution is 5.65. The van der Waals surface area contributed by atoms with Gasteiger partial charge in [-0.2, -0.15) is 5.26 Å². The molecule has 0 bridgehead atoms. The SMILES string of the molecule is Cc1nc(NCCN)cc(Nc2ccccc2C#N)n1. The largest absolute Gasteiger partial charge is 0.369 e. The number of nitriles is 1. The quantitative estimate of drug-likeness (QED) is 0.764. The van der Waals surface area contributed by atoms with Crippen LogP contribution in [-0.2, 0) is 0 Å². The molecule has 6 nitrogen and oxygen atoms in total. The van der Waals surface area contributed by atoms with Crippen molar-refractivity contribution in [2.75, 3.05) is 23.7 Å². The van der Waals surface area contributed by atoms with E-state index in [-0.39, 0.29) is 0 Å². The molecule has 4 N–H and O–H groups in total. The molecule has 0 saturated heterocycles. The Morgan fingerprint density at radius 3 is 2.75 bits per heavy atom. The first-order chi connectivity index (χ1) is 9.72. The van der Waals surface area contributed by atoms with Crippen molar-refractivity contribution in [1.82, 2.24) is 9.97 Å². The predicted octanol–water partition coefficient (Wildman–Crippen LogP) is 1.77. The smallest absolute Gasteiger partial charge is 0.136 e. The summed E-state index contributed by atoms with van der Waals surface area (Å²) in [6, 6.07) is 11.2. The normalized spacial score (nSPS) is 9.85. The molecule has 0 aliphatic rings. The molecule has 20 heavy (non-hydrogen) atoms. The lowest BCUT2D eigenvalue weighted by Crippen LogP contribution is -2.14. The van der Waals surface area contributed by atoms with Crippen LogP contribution in [0.15, 0.2) is 30.3 Å². The van der Waals surface area contributed by atoms with Crippen molar-refractivity contribution >= 4 is 17.3 Å². The molecule has 2 aromatic rings. The van der Waals surface area contributed by atoms with Gasteiger partial charge in [-0.3, -0.25) is 0 Å². The van der Waals surface area contributed by atoms with Crippen molar-refractivity contribution in [3.63, 3.8) is 0 Å². The molecule has 0 radical (unpaired) electrons.